The van der Waals surface area contributed by atoms with Gasteiger partial charge in [-0.2, -0.15) is 0 Å². The van der Waals surface area contributed by atoms with Gasteiger partial charge in [0.05, 0.1) is 6.61 Å². The van der Waals surface area contributed by atoms with Crippen LogP contribution in [0.1, 0.15) is 155 Å². The molecular formula is C28H55KO4S. The first-order valence-corrected chi connectivity index (χ1v) is 15.6. The van der Waals surface area contributed by atoms with Crippen molar-refractivity contribution in [3.8, 4) is 0 Å². The third kappa shape index (κ3) is 31.3. The Morgan fingerprint density at radius 2 is 1.03 bits per heavy atom. The van der Waals surface area contributed by atoms with E-state index in [1.807, 2.05) is 0 Å². The van der Waals surface area contributed by atoms with Crippen LogP contribution < -0.4 is 51.4 Å². The van der Waals surface area contributed by atoms with Crippen molar-refractivity contribution in [3.05, 3.63) is 12.2 Å². The molecule has 198 valence electrons. The summed E-state index contributed by atoms with van der Waals surface area (Å²) in [4.78, 5) is 0. The minimum absolute atomic E-state index is 0. The first-order chi connectivity index (χ1) is 16.0. The Bertz CT molecular complexity index is 522. The summed E-state index contributed by atoms with van der Waals surface area (Å²) in [6, 6.07) is 0. The minimum Gasteiger partial charge on any atom is -0.726 e. The summed E-state index contributed by atoms with van der Waals surface area (Å²) in [6.07, 6.45) is 32.4. The molecule has 0 aliphatic heterocycles. The normalized spacial score (nSPS) is 12.8. The van der Waals surface area contributed by atoms with Gasteiger partial charge in [-0.3, -0.25) is 4.18 Å². The van der Waals surface area contributed by atoms with Gasteiger partial charge in [-0.25, -0.2) is 8.42 Å². The Morgan fingerprint density at radius 1 is 0.647 bits per heavy atom. The zero-order valence-electron chi connectivity index (χ0n) is 23.0. The summed E-state index contributed by atoms with van der Waals surface area (Å²) >= 11 is 0. The molecule has 0 aromatic rings. The van der Waals surface area contributed by atoms with Crippen LogP contribution >= 0.6 is 0 Å². The Labute approximate surface area is 256 Å². The second-order valence-corrected chi connectivity index (χ2v) is 10.9. The van der Waals surface area contributed by atoms with Crippen molar-refractivity contribution in [1.82, 2.24) is 0 Å². The molecule has 0 saturated carbocycles. The summed E-state index contributed by atoms with van der Waals surface area (Å²) in [5, 5.41) is 0. The van der Waals surface area contributed by atoms with Crippen molar-refractivity contribution in [1.29, 1.82) is 0 Å². The molecule has 0 aliphatic carbocycles. The fourth-order valence-electron chi connectivity index (χ4n) is 4.34. The molecule has 1 unspecified atom stereocenters. The maximum absolute atomic E-state index is 10.8. The average molecular weight is 527 g/mol. The second kappa shape index (κ2) is 28.8. The molecule has 0 saturated heterocycles. The van der Waals surface area contributed by atoms with Crippen LogP contribution in [0, 0.1) is 5.92 Å². The summed E-state index contributed by atoms with van der Waals surface area (Å²) < 4.78 is 37.0. The molecule has 1 atom stereocenters. The topological polar surface area (TPSA) is 66.4 Å². The predicted octanol–water partition coefficient (Wildman–Crippen LogP) is 6.26. The molecule has 0 N–H and O–H groups in total. The molecule has 0 amide bonds. The van der Waals surface area contributed by atoms with E-state index in [0.717, 1.165) is 25.7 Å². The first kappa shape index (κ1) is 37.4. The second-order valence-electron chi connectivity index (χ2n) is 9.82. The Morgan fingerprint density at radius 3 is 1.44 bits per heavy atom. The van der Waals surface area contributed by atoms with E-state index in [0.29, 0.717) is 0 Å². The Kier molecular flexibility index (Phi) is 31.7. The molecule has 6 heteroatoms. The van der Waals surface area contributed by atoms with Gasteiger partial charge in [-0.15, -0.1) is 0 Å². The van der Waals surface area contributed by atoms with E-state index in [4.69, 9.17) is 0 Å². The fourth-order valence-corrected chi connectivity index (χ4v) is 4.68. The third-order valence-electron chi connectivity index (χ3n) is 6.49. The van der Waals surface area contributed by atoms with Gasteiger partial charge in [0.15, 0.2) is 0 Å². The standard InChI is InChI=1S/C28H56O4S.K/c1-3-5-7-9-11-12-13-14-15-16-17-18-20-22-24-26-28(27-32-33(29,30)31)25-23-21-19-10-8-6-4-2;/h24,26,28H,3-23,25,27H2,1-2H3,(H,29,30,31);/q;+1/p-1/b26-24+;. The van der Waals surface area contributed by atoms with Crippen molar-refractivity contribution in [2.24, 2.45) is 5.92 Å². The first-order valence-electron chi connectivity index (χ1n) is 14.3. The summed E-state index contributed by atoms with van der Waals surface area (Å²) in [5.74, 6) is 0.0198. The van der Waals surface area contributed by atoms with Gasteiger partial charge < -0.3 is 4.55 Å². The smallest absolute Gasteiger partial charge is 0.726 e. The zero-order valence-corrected chi connectivity index (χ0v) is 27.0. The van der Waals surface area contributed by atoms with Gasteiger partial charge in [0.25, 0.3) is 0 Å². The predicted molar refractivity (Wildman–Crippen MR) is 141 cm³/mol. The van der Waals surface area contributed by atoms with Gasteiger partial charge >= 0.3 is 51.4 Å². The van der Waals surface area contributed by atoms with Gasteiger partial charge in [0.2, 0.25) is 10.4 Å². The molecule has 0 aromatic carbocycles. The molecule has 0 radical (unpaired) electrons. The molecule has 0 aliphatic rings. The van der Waals surface area contributed by atoms with Crippen LogP contribution in [0.5, 0.6) is 0 Å². The van der Waals surface area contributed by atoms with Crippen molar-refractivity contribution >= 4 is 10.4 Å². The molecule has 0 fully saturated rings. The quantitative estimate of drug-likeness (QED) is 0.0438. The van der Waals surface area contributed by atoms with Crippen molar-refractivity contribution in [2.45, 2.75) is 155 Å². The Hall–Kier alpha value is 1.25. The van der Waals surface area contributed by atoms with Crippen LogP contribution in [0.15, 0.2) is 12.2 Å². The van der Waals surface area contributed by atoms with Crippen LogP contribution in [0.2, 0.25) is 0 Å². The molecule has 0 heterocycles. The molecule has 4 nitrogen and oxygen atoms in total. The maximum Gasteiger partial charge on any atom is 1.00 e. The molecule has 0 bridgehead atoms. The van der Waals surface area contributed by atoms with Crippen molar-refractivity contribution in [2.75, 3.05) is 6.61 Å². The minimum atomic E-state index is -4.61. The van der Waals surface area contributed by atoms with Crippen LogP contribution in [-0.2, 0) is 14.6 Å². The maximum atomic E-state index is 10.8. The molecule has 0 rings (SSSR count). The molecule has 34 heavy (non-hydrogen) atoms. The van der Waals surface area contributed by atoms with E-state index in [9.17, 15) is 13.0 Å². The SMILES string of the molecule is CCCCCCCCCCCCCCC/C=C/C(CCCCCCCCC)COS(=O)(=O)[O-].[K+]. The van der Waals surface area contributed by atoms with Crippen molar-refractivity contribution < 1.29 is 68.5 Å². The van der Waals surface area contributed by atoms with Crippen LogP contribution in [0.4, 0.5) is 0 Å². The summed E-state index contributed by atoms with van der Waals surface area (Å²) in [5.41, 5.74) is 0. The monoisotopic (exact) mass is 526 g/mol. The number of unbranched alkanes of at least 4 members (excludes halogenated alkanes) is 19. The number of rotatable bonds is 26. The zero-order chi connectivity index (χ0) is 24.5. The van der Waals surface area contributed by atoms with Crippen LogP contribution in [-0.4, -0.2) is 19.6 Å². The molecular weight excluding hydrogens is 471 g/mol. The van der Waals surface area contributed by atoms with Crippen LogP contribution in [0.3, 0.4) is 0 Å². The average Bonchev–Trinajstić information content (AvgIpc) is 2.78. The van der Waals surface area contributed by atoms with Crippen LogP contribution in [0.25, 0.3) is 0 Å². The molecule has 0 spiro atoms. The number of hydrogen-bond acceptors (Lipinski definition) is 4. The number of hydrogen-bond donors (Lipinski definition) is 0. The van der Waals surface area contributed by atoms with E-state index < -0.39 is 10.4 Å². The van der Waals surface area contributed by atoms with E-state index >= 15 is 0 Å². The van der Waals surface area contributed by atoms with E-state index in [1.165, 1.54) is 116 Å². The van der Waals surface area contributed by atoms with Crippen molar-refractivity contribution in [3.63, 3.8) is 0 Å². The van der Waals surface area contributed by atoms with Gasteiger partial charge in [0.1, 0.15) is 0 Å². The Balaban J connectivity index is 0. The fraction of sp³-hybridized carbons (Fsp3) is 0.929. The van der Waals surface area contributed by atoms with E-state index in [2.05, 4.69) is 30.2 Å². The van der Waals surface area contributed by atoms with E-state index in [1.54, 1.807) is 0 Å². The van der Waals surface area contributed by atoms with Gasteiger partial charge in [0, 0.05) is 5.92 Å². The summed E-state index contributed by atoms with van der Waals surface area (Å²) in [7, 11) is -4.61. The molecule has 0 aromatic heterocycles. The summed E-state index contributed by atoms with van der Waals surface area (Å²) in [6.45, 7) is 4.47. The van der Waals surface area contributed by atoms with Gasteiger partial charge in [-0.1, -0.05) is 148 Å². The van der Waals surface area contributed by atoms with Gasteiger partial charge in [-0.05, 0) is 19.3 Å². The number of allylic oxidation sites excluding steroid dienone is 1. The largest absolute Gasteiger partial charge is 1.00 e. The van der Waals surface area contributed by atoms with E-state index in [-0.39, 0.29) is 63.9 Å². The third-order valence-corrected chi connectivity index (χ3v) is 6.91.